The molecule has 1 aliphatic rings. The van der Waals surface area contributed by atoms with E-state index in [9.17, 15) is 10.2 Å². The maximum Gasteiger partial charge on any atom is 0.116 e. The predicted molar refractivity (Wildman–Crippen MR) is 172 cm³/mol. The van der Waals surface area contributed by atoms with E-state index in [2.05, 4.69) is 84.9 Å². The second kappa shape index (κ2) is 16.6. The van der Waals surface area contributed by atoms with Crippen LogP contribution in [0.2, 0.25) is 0 Å². The monoisotopic (exact) mass is 724 g/mol. The van der Waals surface area contributed by atoms with E-state index >= 15 is 0 Å². The van der Waals surface area contributed by atoms with Gasteiger partial charge in [-0.3, -0.25) is 0 Å². The Kier molecular flexibility index (Phi) is 14.9. The fraction of sp³-hybridized carbons (Fsp3) is 0.135. The van der Waals surface area contributed by atoms with Gasteiger partial charge in [-0.05, 0) is 91.3 Å². The van der Waals surface area contributed by atoms with Crippen LogP contribution in [0.3, 0.4) is 0 Å². The second-order valence-electron chi connectivity index (χ2n) is 9.33. The second-order valence-corrected chi connectivity index (χ2v) is 9.33. The first-order valence-electron chi connectivity index (χ1n) is 13.8. The molecule has 0 aliphatic heterocycles. The molecule has 0 amide bonds. The quantitative estimate of drug-likeness (QED) is 0.188. The molecule has 4 nitrogen and oxygen atoms in total. The van der Waals surface area contributed by atoms with Gasteiger partial charge in [-0.2, -0.15) is 0 Å². The van der Waals surface area contributed by atoms with Crippen molar-refractivity contribution in [3.05, 3.63) is 144 Å². The summed E-state index contributed by atoms with van der Waals surface area (Å²) >= 11 is 0. The van der Waals surface area contributed by atoms with Gasteiger partial charge in [0.1, 0.15) is 11.5 Å². The standard InChI is InChI=1S/C33H22O2.2C2H6.2H2O.2Y/c34-27-15-11-21-17-25(13-9-23(21)19-27)33(26-14-10-24-20-28(35)16-12-22(24)18-26)31-7-3-1-5-29(31)30-6-2-4-8-32(30)33;2*1-2;;;;/h1-20,34-35H;2*1-2H3;2*1H2;;. The van der Waals surface area contributed by atoms with Crippen molar-refractivity contribution < 1.29 is 86.6 Å². The molecule has 0 spiro atoms. The number of aromatic hydroxyl groups is 2. The molecule has 0 atom stereocenters. The molecule has 0 saturated heterocycles. The molecular weight excluding hydrogens is 686 g/mol. The molecule has 1 aliphatic carbocycles. The van der Waals surface area contributed by atoms with Gasteiger partial charge in [-0.15, -0.1) is 0 Å². The number of benzene rings is 6. The summed E-state index contributed by atoms with van der Waals surface area (Å²) in [5.74, 6) is 0.545. The number of fused-ring (bicyclic) bond motifs is 5. The molecule has 0 fully saturated rings. The van der Waals surface area contributed by atoms with Crippen molar-refractivity contribution in [1.29, 1.82) is 0 Å². The summed E-state index contributed by atoms with van der Waals surface area (Å²) in [4.78, 5) is 0. The van der Waals surface area contributed by atoms with Crippen LogP contribution in [-0.4, -0.2) is 21.2 Å². The summed E-state index contributed by atoms with van der Waals surface area (Å²) in [6.45, 7) is 8.00. The van der Waals surface area contributed by atoms with Crippen molar-refractivity contribution in [2.75, 3.05) is 0 Å². The number of hydrogen-bond acceptors (Lipinski definition) is 2. The third-order valence-electron chi connectivity index (χ3n) is 7.47. The van der Waals surface area contributed by atoms with Crippen LogP contribution in [0.15, 0.2) is 121 Å². The van der Waals surface area contributed by atoms with Crippen LogP contribution in [0.1, 0.15) is 49.9 Å². The molecule has 0 aromatic heterocycles. The third kappa shape index (κ3) is 6.66. The van der Waals surface area contributed by atoms with Gasteiger partial charge in [0, 0.05) is 65.4 Å². The zero-order valence-electron chi connectivity index (χ0n) is 25.1. The Bertz CT molecular complexity index is 1670. The molecule has 0 unspecified atom stereocenters. The van der Waals surface area contributed by atoms with Crippen LogP contribution >= 0.6 is 0 Å². The largest absolute Gasteiger partial charge is 0.508 e. The minimum atomic E-state index is -0.495. The molecule has 0 bridgehead atoms. The molecule has 6 aromatic carbocycles. The molecular formula is C37H38O4Y2. The summed E-state index contributed by atoms with van der Waals surface area (Å²) < 4.78 is 0. The van der Waals surface area contributed by atoms with E-state index in [1.165, 1.54) is 33.4 Å². The first kappa shape index (κ1) is 38.6. The summed E-state index contributed by atoms with van der Waals surface area (Å²) in [5.41, 5.74) is 6.90. The van der Waals surface area contributed by atoms with Gasteiger partial charge in [0.05, 0.1) is 5.41 Å². The Hall–Kier alpha value is -2.43. The molecule has 7 rings (SSSR count). The van der Waals surface area contributed by atoms with Gasteiger partial charge >= 0.3 is 0 Å². The Morgan fingerprint density at radius 3 is 1.14 bits per heavy atom. The number of phenolic OH excluding ortho intramolecular Hbond substituents is 2. The molecule has 6 aromatic rings. The van der Waals surface area contributed by atoms with E-state index < -0.39 is 5.41 Å². The number of hydrogen-bond donors (Lipinski definition) is 2. The molecule has 43 heavy (non-hydrogen) atoms. The summed E-state index contributed by atoms with van der Waals surface area (Å²) in [7, 11) is 0. The number of phenols is 2. The van der Waals surface area contributed by atoms with Crippen molar-refractivity contribution in [3.63, 3.8) is 0 Å². The Morgan fingerprint density at radius 2 is 0.744 bits per heavy atom. The fourth-order valence-corrected chi connectivity index (χ4v) is 5.96. The van der Waals surface area contributed by atoms with Gasteiger partial charge in [-0.25, -0.2) is 0 Å². The van der Waals surface area contributed by atoms with Gasteiger partial charge in [0.15, 0.2) is 0 Å². The van der Waals surface area contributed by atoms with E-state index in [0.29, 0.717) is 0 Å². The van der Waals surface area contributed by atoms with Crippen LogP contribution in [-0.2, 0) is 70.8 Å². The predicted octanol–water partition coefficient (Wildman–Crippen LogP) is 8.17. The molecule has 2 radical (unpaired) electrons. The van der Waals surface area contributed by atoms with Crippen molar-refractivity contribution in [3.8, 4) is 22.6 Å². The van der Waals surface area contributed by atoms with Crippen molar-refractivity contribution in [2.45, 2.75) is 33.1 Å². The van der Waals surface area contributed by atoms with Crippen molar-refractivity contribution in [1.82, 2.24) is 0 Å². The van der Waals surface area contributed by atoms with Crippen molar-refractivity contribution >= 4 is 21.5 Å². The van der Waals surface area contributed by atoms with Crippen LogP contribution in [0.5, 0.6) is 11.5 Å². The Balaban J connectivity index is 0.00000111. The zero-order valence-corrected chi connectivity index (χ0v) is 30.8. The van der Waals surface area contributed by atoms with E-state index in [1.54, 1.807) is 12.1 Å². The average Bonchev–Trinajstić information content (AvgIpc) is 3.30. The van der Waals surface area contributed by atoms with E-state index in [4.69, 9.17) is 0 Å². The summed E-state index contributed by atoms with van der Waals surface area (Å²) in [6, 6.07) is 41.6. The summed E-state index contributed by atoms with van der Waals surface area (Å²) in [5, 5.41) is 24.2. The van der Waals surface area contributed by atoms with Gasteiger partial charge < -0.3 is 21.2 Å². The molecule has 6 N–H and O–H groups in total. The maximum atomic E-state index is 10.0. The zero-order chi connectivity index (χ0) is 27.6. The first-order chi connectivity index (χ1) is 19.1. The van der Waals surface area contributed by atoms with Crippen LogP contribution in [0, 0.1) is 0 Å². The van der Waals surface area contributed by atoms with Gasteiger partial charge in [0.2, 0.25) is 0 Å². The molecule has 0 saturated carbocycles. The van der Waals surface area contributed by atoms with Gasteiger partial charge in [0.25, 0.3) is 0 Å². The average molecular weight is 725 g/mol. The first-order valence-corrected chi connectivity index (χ1v) is 13.8. The van der Waals surface area contributed by atoms with E-state index in [0.717, 1.165) is 21.5 Å². The molecule has 6 heteroatoms. The Morgan fingerprint density at radius 1 is 0.419 bits per heavy atom. The third-order valence-corrected chi connectivity index (χ3v) is 7.47. The topological polar surface area (TPSA) is 103 Å². The Labute approximate surface area is 304 Å². The minimum absolute atomic E-state index is 0. The van der Waals surface area contributed by atoms with Crippen LogP contribution in [0.25, 0.3) is 32.7 Å². The van der Waals surface area contributed by atoms with Gasteiger partial charge in [-0.1, -0.05) is 113 Å². The summed E-state index contributed by atoms with van der Waals surface area (Å²) in [6.07, 6.45) is 0. The number of rotatable bonds is 2. The fourth-order valence-electron chi connectivity index (χ4n) is 5.96. The maximum absolute atomic E-state index is 10.0. The normalized spacial score (nSPS) is 11.3. The molecule has 216 valence electrons. The van der Waals surface area contributed by atoms with E-state index in [-0.39, 0.29) is 87.9 Å². The van der Waals surface area contributed by atoms with Crippen molar-refractivity contribution in [2.24, 2.45) is 0 Å². The SMILES string of the molecule is CC.CC.O.O.Oc1ccc2cc(C3(c4ccc5cc(O)ccc5c4)c4ccccc4-c4ccccc43)ccc2c1.[Y].[Y]. The smallest absolute Gasteiger partial charge is 0.116 e. The minimum Gasteiger partial charge on any atom is -0.508 e. The van der Waals surface area contributed by atoms with Crippen LogP contribution in [0.4, 0.5) is 0 Å². The van der Waals surface area contributed by atoms with Crippen LogP contribution < -0.4 is 0 Å². The molecule has 0 heterocycles. The van der Waals surface area contributed by atoms with E-state index in [1.807, 2.05) is 52.0 Å².